The van der Waals surface area contributed by atoms with Crippen LogP contribution in [0.5, 0.6) is 0 Å². The van der Waals surface area contributed by atoms with E-state index in [1.807, 2.05) is 48.5 Å². The highest BCUT2D eigenvalue weighted by atomic mass is 32.2. The van der Waals surface area contributed by atoms with Crippen molar-refractivity contribution in [1.29, 1.82) is 0 Å². The Balaban J connectivity index is 1.42. The third kappa shape index (κ3) is 6.08. The van der Waals surface area contributed by atoms with Crippen LogP contribution < -0.4 is 0 Å². The number of alkyl halides is 3. The van der Waals surface area contributed by atoms with Gasteiger partial charge in [0.2, 0.25) is 0 Å². The summed E-state index contributed by atoms with van der Waals surface area (Å²) >= 11 is 1.36. The third-order valence-electron chi connectivity index (χ3n) is 6.18. The zero-order chi connectivity index (χ0) is 26.5. The molecule has 0 N–H and O–H groups in total. The molecular formula is C28H25F3N4O2S. The first-order chi connectivity index (χ1) is 18.4. The van der Waals surface area contributed by atoms with Crippen LogP contribution in [0.3, 0.4) is 0 Å². The molecule has 196 valence electrons. The largest absolute Gasteiger partial charge is 0.416 e. The summed E-state index contributed by atoms with van der Waals surface area (Å²) in [6, 6.07) is 22.2. The molecule has 0 aliphatic carbocycles. The van der Waals surface area contributed by atoms with E-state index in [0.29, 0.717) is 60.7 Å². The van der Waals surface area contributed by atoms with Gasteiger partial charge in [-0.05, 0) is 41.5 Å². The van der Waals surface area contributed by atoms with Gasteiger partial charge in [0.25, 0.3) is 5.91 Å². The molecule has 0 radical (unpaired) electrons. The van der Waals surface area contributed by atoms with Gasteiger partial charge in [-0.1, -0.05) is 60.3 Å². The minimum Gasteiger partial charge on any atom is -0.378 e. The molecule has 10 heteroatoms. The number of ether oxygens (including phenoxy) is 1. The van der Waals surface area contributed by atoms with Crippen LogP contribution in [-0.4, -0.2) is 51.9 Å². The number of carbonyl (C=O) groups is 1. The summed E-state index contributed by atoms with van der Waals surface area (Å²) in [5.41, 5.74) is 2.07. The fourth-order valence-corrected chi connectivity index (χ4v) is 5.17. The van der Waals surface area contributed by atoms with Crippen molar-refractivity contribution in [2.45, 2.75) is 23.5 Å². The van der Waals surface area contributed by atoms with Crippen LogP contribution in [-0.2, 0) is 23.1 Å². The number of halogens is 3. The average Bonchev–Trinajstić information content (AvgIpc) is 3.34. The minimum absolute atomic E-state index is 0.0440. The molecule has 0 spiro atoms. The molecule has 0 atom stereocenters. The second-order valence-electron chi connectivity index (χ2n) is 8.84. The van der Waals surface area contributed by atoms with E-state index in [2.05, 4.69) is 10.2 Å². The first kappa shape index (κ1) is 26.0. The molecule has 38 heavy (non-hydrogen) atoms. The molecule has 1 aliphatic heterocycles. The Morgan fingerprint density at radius 1 is 0.895 bits per heavy atom. The lowest BCUT2D eigenvalue weighted by molar-refractivity contribution is -0.137. The highest BCUT2D eigenvalue weighted by Crippen LogP contribution is 2.32. The van der Waals surface area contributed by atoms with Crippen molar-refractivity contribution in [3.63, 3.8) is 0 Å². The fourth-order valence-electron chi connectivity index (χ4n) is 4.26. The monoisotopic (exact) mass is 538 g/mol. The zero-order valence-electron chi connectivity index (χ0n) is 20.4. The van der Waals surface area contributed by atoms with E-state index < -0.39 is 11.7 Å². The molecule has 1 amide bonds. The second-order valence-corrected chi connectivity index (χ2v) is 9.78. The van der Waals surface area contributed by atoms with E-state index in [9.17, 15) is 18.0 Å². The number of carbonyl (C=O) groups excluding carboxylic acids is 1. The van der Waals surface area contributed by atoms with Gasteiger partial charge in [-0.2, -0.15) is 13.2 Å². The first-order valence-electron chi connectivity index (χ1n) is 12.1. The van der Waals surface area contributed by atoms with Crippen LogP contribution in [0.2, 0.25) is 0 Å². The third-order valence-corrected chi connectivity index (χ3v) is 7.18. The molecule has 1 fully saturated rings. The normalized spacial score (nSPS) is 14.0. The standard InChI is InChI=1S/C28H25F3N4O2S/c29-28(30,31)23-10-5-11-24(18-23)35-25(17-20-6-2-1-3-7-20)32-33-27(35)38-19-21-8-4-9-22(16-21)26(36)34-12-14-37-15-13-34/h1-11,16,18H,12-15,17,19H2. The highest BCUT2D eigenvalue weighted by Gasteiger charge is 2.31. The number of hydrogen-bond acceptors (Lipinski definition) is 5. The molecule has 0 unspecified atom stereocenters. The van der Waals surface area contributed by atoms with E-state index in [-0.39, 0.29) is 5.91 Å². The molecule has 0 saturated carbocycles. The van der Waals surface area contributed by atoms with Gasteiger partial charge < -0.3 is 9.64 Å². The fraction of sp³-hybridized carbons (Fsp3) is 0.250. The van der Waals surface area contributed by atoms with Gasteiger partial charge in [0.15, 0.2) is 5.16 Å². The van der Waals surface area contributed by atoms with Crippen LogP contribution in [0.25, 0.3) is 5.69 Å². The Bertz CT molecular complexity index is 1400. The molecule has 0 bridgehead atoms. The lowest BCUT2D eigenvalue weighted by Crippen LogP contribution is -2.40. The predicted octanol–water partition coefficient (Wildman–Crippen LogP) is 5.64. The van der Waals surface area contributed by atoms with Crippen molar-refractivity contribution in [2.24, 2.45) is 0 Å². The van der Waals surface area contributed by atoms with Gasteiger partial charge >= 0.3 is 6.18 Å². The number of thioether (sulfide) groups is 1. The Labute approximate surface area is 222 Å². The summed E-state index contributed by atoms with van der Waals surface area (Å²) in [6.07, 6.45) is -4.06. The molecular weight excluding hydrogens is 513 g/mol. The number of aromatic nitrogens is 3. The topological polar surface area (TPSA) is 60.2 Å². The minimum atomic E-state index is -4.47. The van der Waals surface area contributed by atoms with E-state index >= 15 is 0 Å². The van der Waals surface area contributed by atoms with Gasteiger partial charge in [-0.25, -0.2) is 0 Å². The van der Waals surface area contributed by atoms with Crippen LogP contribution in [0, 0.1) is 0 Å². The number of nitrogens with zero attached hydrogens (tertiary/aromatic N) is 4. The summed E-state index contributed by atoms with van der Waals surface area (Å²) in [5.74, 6) is 0.957. The van der Waals surface area contributed by atoms with E-state index in [0.717, 1.165) is 23.3 Å². The van der Waals surface area contributed by atoms with Crippen LogP contribution in [0.15, 0.2) is 84.0 Å². The summed E-state index contributed by atoms with van der Waals surface area (Å²) in [5, 5.41) is 9.14. The molecule has 2 heterocycles. The number of hydrogen-bond donors (Lipinski definition) is 0. The Morgan fingerprint density at radius 2 is 1.63 bits per heavy atom. The SMILES string of the molecule is O=C(c1cccc(CSc2nnc(Cc3ccccc3)n2-c2cccc(C(F)(F)F)c2)c1)N1CCOCC1. The number of rotatable bonds is 7. The van der Waals surface area contributed by atoms with Crippen molar-refractivity contribution in [1.82, 2.24) is 19.7 Å². The maximum Gasteiger partial charge on any atom is 0.416 e. The van der Waals surface area contributed by atoms with Crippen LogP contribution in [0.1, 0.15) is 32.9 Å². The first-order valence-corrected chi connectivity index (χ1v) is 13.1. The van der Waals surface area contributed by atoms with E-state index in [4.69, 9.17) is 4.74 Å². The van der Waals surface area contributed by atoms with Gasteiger partial charge in [0.05, 0.1) is 24.5 Å². The van der Waals surface area contributed by atoms with Crippen LogP contribution in [0.4, 0.5) is 13.2 Å². The quantitative estimate of drug-likeness (QED) is 0.285. The smallest absolute Gasteiger partial charge is 0.378 e. The molecule has 6 nitrogen and oxygen atoms in total. The molecule has 1 aliphatic rings. The van der Waals surface area contributed by atoms with Gasteiger partial charge in [-0.15, -0.1) is 10.2 Å². The second kappa shape index (κ2) is 11.4. The van der Waals surface area contributed by atoms with Crippen molar-refractivity contribution in [3.05, 3.63) is 107 Å². The lowest BCUT2D eigenvalue weighted by atomic mass is 10.1. The van der Waals surface area contributed by atoms with Gasteiger partial charge in [0, 0.05) is 30.8 Å². The number of morpholine rings is 1. The summed E-state index contributed by atoms with van der Waals surface area (Å²) < 4.78 is 47.5. The van der Waals surface area contributed by atoms with Gasteiger partial charge in [-0.3, -0.25) is 9.36 Å². The Kier molecular flexibility index (Phi) is 7.80. The maximum atomic E-state index is 13.5. The molecule has 1 aromatic heterocycles. The zero-order valence-corrected chi connectivity index (χ0v) is 21.2. The molecule has 5 rings (SSSR count). The Hall–Kier alpha value is -3.63. The average molecular weight is 539 g/mol. The van der Waals surface area contributed by atoms with E-state index in [1.54, 1.807) is 21.6 Å². The summed E-state index contributed by atoms with van der Waals surface area (Å²) in [4.78, 5) is 14.7. The van der Waals surface area contributed by atoms with E-state index in [1.165, 1.54) is 17.8 Å². The number of amides is 1. The number of benzene rings is 3. The van der Waals surface area contributed by atoms with Crippen molar-refractivity contribution in [3.8, 4) is 5.69 Å². The summed E-state index contributed by atoms with van der Waals surface area (Å²) in [7, 11) is 0. The summed E-state index contributed by atoms with van der Waals surface area (Å²) in [6.45, 7) is 2.17. The lowest BCUT2D eigenvalue weighted by Gasteiger charge is -2.27. The molecule has 3 aromatic carbocycles. The molecule has 4 aromatic rings. The Morgan fingerprint density at radius 3 is 2.39 bits per heavy atom. The maximum absolute atomic E-state index is 13.5. The highest BCUT2D eigenvalue weighted by molar-refractivity contribution is 7.98. The van der Waals surface area contributed by atoms with Gasteiger partial charge in [0.1, 0.15) is 5.82 Å². The predicted molar refractivity (Wildman–Crippen MR) is 138 cm³/mol. The van der Waals surface area contributed by atoms with Crippen molar-refractivity contribution < 1.29 is 22.7 Å². The van der Waals surface area contributed by atoms with Crippen LogP contribution >= 0.6 is 11.8 Å². The van der Waals surface area contributed by atoms with Crippen molar-refractivity contribution >= 4 is 17.7 Å². The molecule has 1 saturated heterocycles. The van der Waals surface area contributed by atoms with Crippen molar-refractivity contribution in [2.75, 3.05) is 26.3 Å².